The lowest BCUT2D eigenvalue weighted by Crippen LogP contribution is -2.20. The van der Waals surface area contributed by atoms with Crippen molar-refractivity contribution < 1.29 is 0 Å². The summed E-state index contributed by atoms with van der Waals surface area (Å²) in [5.74, 6) is 2.04. The lowest BCUT2D eigenvalue weighted by Gasteiger charge is -2.21. The molecule has 2 rings (SSSR count). The van der Waals surface area contributed by atoms with Crippen LogP contribution >= 0.6 is 0 Å². The molecule has 0 radical (unpaired) electrons. The summed E-state index contributed by atoms with van der Waals surface area (Å²) in [6.07, 6.45) is 5.35. The van der Waals surface area contributed by atoms with Crippen molar-refractivity contribution in [2.45, 2.75) is 32.7 Å². The number of fused-ring (bicyclic) bond motifs is 1. The summed E-state index contributed by atoms with van der Waals surface area (Å²) in [7, 11) is 0. The third-order valence-corrected chi connectivity index (χ3v) is 2.78. The summed E-state index contributed by atoms with van der Waals surface area (Å²) >= 11 is 0. The average Bonchev–Trinajstić information content (AvgIpc) is 2.49. The van der Waals surface area contributed by atoms with Crippen LogP contribution in [0.1, 0.15) is 24.9 Å². The van der Waals surface area contributed by atoms with Gasteiger partial charge in [-0.1, -0.05) is 6.92 Å². The van der Waals surface area contributed by atoms with Crippen LogP contribution < -0.4 is 5.73 Å². The third-order valence-electron chi connectivity index (χ3n) is 2.78. The Balaban J connectivity index is 2.25. The van der Waals surface area contributed by atoms with E-state index in [2.05, 4.69) is 16.5 Å². The second kappa shape index (κ2) is 3.50. The van der Waals surface area contributed by atoms with E-state index >= 15 is 0 Å². The Hall–Kier alpha value is -0.830. The molecule has 72 valence electrons. The Kier molecular flexibility index (Phi) is 2.36. The van der Waals surface area contributed by atoms with Gasteiger partial charge in [-0.15, -0.1) is 0 Å². The first-order chi connectivity index (χ1) is 6.31. The number of hydrogen-bond donors (Lipinski definition) is 1. The minimum Gasteiger partial charge on any atom is -0.332 e. The van der Waals surface area contributed by atoms with Gasteiger partial charge in [0.1, 0.15) is 5.82 Å². The number of rotatable bonds is 2. The molecule has 0 aliphatic carbocycles. The number of nitrogens with two attached hydrogens (primary N) is 1. The fourth-order valence-electron chi connectivity index (χ4n) is 2.00. The fourth-order valence-corrected chi connectivity index (χ4v) is 2.00. The van der Waals surface area contributed by atoms with Crippen molar-refractivity contribution >= 4 is 0 Å². The fraction of sp³-hybridized carbons (Fsp3) is 0.700. The highest BCUT2D eigenvalue weighted by atomic mass is 15.1. The van der Waals surface area contributed by atoms with Crippen LogP contribution in [0.25, 0.3) is 0 Å². The minimum atomic E-state index is 0.722. The smallest absolute Gasteiger partial charge is 0.108 e. The summed E-state index contributed by atoms with van der Waals surface area (Å²) < 4.78 is 2.35. The molecular weight excluding hydrogens is 162 g/mol. The van der Waals surface area contributed by atoms with Crippen LogP contribution in [0, 0.1) is 5.92 Å². The van der Waals surface area contributed by atoms with E-state index in [1.807, 2.05) is 6.20 Å². The van der Waals surface area contributed by atoms with E-state index in [0.717, 1.165) is 31.8 Å². The number of aryl methyl sites for hydroxylation is 1. The van der Waals surface area contributed by atoms with Gasteiger partial charge in [0.05, 0.1) is 0 Å². The van der Waals surface area contributed by atoms with Gasteiger partial charge in [0, 0.05) is 31.3 Å². The number of imidazole rings is 1. The number of aromatic nitrogens is 2. The predicted molar refractivity (Wildman–Crippen MR) is 52.5 cm³/mol. The second-order valence-corrected chi connectivity index (χ2v) is 3.96. The molecule has 0 amide bonds. The molecule has 0 saturated carbocycles. The van der Waals surface area contributed by atoms with Gasteiger partial charge < -0.3 is 10.3 Å². The Morgan fingerprint density at radius 1 is 1.69 bits per heavy atom. The standard InChI is InChI=1S/C10H17N3/c1-8-2-3-10-12-6-9(4-5-11)13(10)7-8/h6,8H,2-5,7,11H2,1H3. The van der Waals surface area contributed by atoms with Gasteiger partial charge in [-0.05, 0) is 18.9 Å². The van der Waals surface area contributed by atoms with Crippen LogP contribution in [0.4, 0.5) is 0 Å². The van der Waals surface area contributed by atoms with Crippen LogP contribution in [-0.2, 0) is 19.4 Å². The van der Waals surface area contributed by atoms with Gasteiger partial charge in [0.2, 0.25) is 0 Å². The Labute approximate surface area is 79.0 Å². The summed E-state index contributed by atoms with van der Waals surface area (Å²) in [5.41, 5.74) is 6.86. The molecule has 2 heterocycles. The summed E-state index contributed by atoms with van der Waals surface area (Å²) in [5, 5.41) is 0. The van der Waals surface area contributed by atoms with Gasteiger partial charge in [-0.3, -0.25) is 0 Å². The lowest BCUT2D eigenvalue weighted by molar-refractivity contribution is 0.386. The Morgan fingerprint density at radius 3 is 3.31 bits per heavy atom. The highest BCUT2D eigenvalue weighted by Gasteiger charge is 2.17. The highest BCUT2D eigenvalue weighted by molar-refractivity contribution is 5.08. The molecule has 3 nitrogen and oxygen atoms in total. The van der Waals surface area contributed by atoms with E-state index < -0.39 is 0 Å². The van der Waals surface area contributed by atoms with E-state index in [4.69, 9.17) is 5.73 Å². The molecular formula is C10H17N3. The molecule has 1 aliphatic heterocycles. The van der Waals surface area contributed by atoms with Crippen molar-refractivity contribution in [2.24, 2.45) is 11.7 Å². The molecule has 0 fully saturated rings. The second-order valence-electron chi connectivity index (χ2n) is 3.96. The molecule has 1 aliphatic rings. The van der Waals surface area contributed by atoms with Crippen LogP contribution in [0.2, 0.25) is 0 Å². The largest absolute Gasteiger partial charge is 0.332 e. The van der Waals surface area contributed by atoms with Crippen molar-refractivity contribution in [1.82, 2.24) is 9.55 Å². The first-order valence-corrected chi connectivity index (χ1v) is 5.04. The van der Waals surface area contributed by atoms with Crippen molar-refractivity contribution in [3.8, 4) is 0 Å². The highest BCUT2D eigenvalue weighted by Crippen LogP contribution is 2.20. The van der Waals surface area contributed by atoms with Crippen LogP contribution in [-0.4, -0.2) is 16.1 Å². The Morgan fingerprint density at radius 2 is 2.54 bits per heavy atom. The van der Waals surface area contributed by atoms with Crippen molar-refractivity contribution in [2.75, 3.05) is 6.54 Å². The maximum atomic E-state index is 5.55. The topological polar surface area (TPSA) is 43.8 Å². The van der Waals surface area contributed by atoms with Crippen LogP contribution in [0.3, 0.4) is 0 Å². The zero-order chi connectivity index (χ0) is 9.26. The molecule has 0 bridgehead atoms. The van der Waals surface area contributed by atoms with Crippen molar-refractivity contribution in [3.05, 3.63) is 17.7 Å². The minimum absolute atomic E-state index is 0.722. The summed E-state index contributed by atoms with van der Waals surface area (Å²) in [6.45, 7) is 4.15. The number of hydrogen-bond acceptors (Lipinski definition) is 2. The SMILES string of the molecule is CC1CCc2ncc(CCN)n2C1. The molecule has 3 heteroatoms. The van der Waals surface area contributed by atoms with Crippen LogP contribution in [0.5, 0.6) is 0 Å². The quantitative estimate of drug-likeness (QED) is 0.735. The maximum absolute atomic E-state index is 5.55. The van der Waals surface area contributed by atoms with Crippen molar-refractivity contribution in [3.63, 3.8) is 0 Å². The zero-order valence-electron chi connectivity index (χ0n) is 8.16. The molecule has 2 N–H and O–H groups in total. The first-order valence-electron chi connectivity index (χ1n) is 5.04. The molecule has 0 spiro atoms. The van der Waals surface area contributed by atoms with Gasteiger partial charge in [-0.25, -0.2) is 4.98 Å². The van der Waals surface area contributed by atoms with Gasteiger partial charge in [0.15, 0.2) is 0 Å². The molecule has 1 atom stereocenters. The van der Waals surface area contributed by atoms with Gasteiger partial charge >= 0.3 is 0 Å². The molecule has 0 saturated heterocycles. The third kappa shape index (κ3) is 1.61. The van der Waals surface area contributed by atoms with E-state index in [-0.39, 0.29) is 0 Å². The van der Waals surface area contributed by atoms with Gasteiger partial charge in [-0.2, -0.15) is 0 Å². The Bertz CT molecular complexity index is 290. The zero-order valence-corrected chi connectivity index (χ0v) is 8.16. The summed E-state index contributed by atoms with van der Waals surface area (Å²) in [6, 6.07) is 0. The molecule has 1 aromatic heterocycles. The molecule has 1 aromatic rings. The summed E-state index contributed by atoms with van der Waals surface area (Å²) in [4.78, 5) is 4.42. The van der Waals surface area contributed by atoms with E-state index in [1.165, 1.54) is 17.9 Å². The normalized spacial score (nSPS) is 21.5. The first kappa shape index (κ1) is 8.75. The maximum Gasteiger partial charge on any atom is 0.108 e. The average molecular weight is 179 g/mol. The molecule has 1 unspecified atom stereocenters. The molecule has 13 heavy (non-hydrogen) atoms. The van der Waals surface area contributed by atoms with Crippen molar-refractivity contribution in [1.29, 1.82) is 0 Å². The van der Waals surface area contributed by atoms with E-state index in [9.17, 15) is 0 Å². The van der Waals surface area contributed by atoms with E-state index in [1.54, 1.807) is 0 Å². The van der Waals surface area contributed by atoms with E-state index in [0.29, 0.717) is 0 Å². The van der Waals surface area contributed by atoms with Gasteiger partial charge in [0.25, 0.3) is 0 Å². The number of nitrogens with zero attached hydrogens (tertiary/aromatic N) is 2. The van der Waals surface area contributed by atoms with Crippen LogP contribution in [0.15, 0.2) is 6.20 Å². The lowest BCUT2D eigenvalue weighted by atomic mass is 10.0. The molecule has 0 aromatic carbocycles. The predicted octanol–water partition coefficient (Wildman–Crippen LogP) is 0.967. The monoisotopic (exact) mass is 179 g/mol.